The highest BCUT2D eigenvalue weighted by atomic mass is 14.8. The van der Waals surface area contributed by atoms with E-state index in [2.05, 4.69) is 110 Å². The lowest BCUT2D eigenvalue weighted by molar-refractivity contribution is 0.954. The average Bonchev–Trinajstić information content (AvgIpc) is 3.85. The van der Waals surface area contributed by atoms with E-state index < -0.39 is 0 Å². The topological polar surface area (TPSA) is 57.4 Å². The SMILES string of the molecule is CCC1=C(CC)c2cc3[nH]c(cc4nc(cc5[nH]c(cc1n2)c1c5-c2ccccc2CC1)C(CC)=C4CC)c1c3CCc2ccccc2-1. The zero-order valence-corrected chi connectivity index (χ0v) is 28.5. The molecule has 0 radical (unpaired) electrons. The Morgan fingerprint density at radius 2 is 0.812 bits per heavy atom. The van der Waals surface area contributed by atoms with Crippen LogP contribution in [0.1, 0.15) is 98.4 Å². The number of fused-ring (bicyclic) bond motifs is 18. The van der Waals surface area contributed by atoms with Crippen molar-refractivity contribution in [2.75, 3.05) is 0 Å². The molecule has 2 N–H and O–H groups in total. The maximum Gasteiger partial charge on any atom is 0.0693 e. The van der Waals surface area contributed by atoms with E-state index >= 15 is 0 Å². The fourth-order valence-corrected chi connectivity index (χ4v) is 8.99. The van der Waals surface area contributed by atoms with Crippen LogP contribution in [0.2, 0.25) is 0 Å². The van der Waals surface area contributed by atoms with Crippen molar-refractivity contribution in [3.05, 3.63) is 118 Å². The molecule has 48 heavy (non-hydrogen) atoms. The van der Waals surface area contributed by atoms with Gasteiger partial charge in [0.2, 0.25) is 0 Å². The van der Waals surface area contributed by atoms with Gasteiger partial charge >= 0.3 is 0 Å². The highest BCUT2D eigenvalue weighted by Gasteiger charge is 2.26. The quantitative estimate of drug-likeness (QED) is 0.208. The number of aryl methyl sites for hydroxylation is 4. The number of nitrogens with zero attached hydrogens (tertiary/aromatic N) is 2. The first-order chi connectivity index (χ1) is 23.6. The first-order valence-electron chi connectivity index (χ1n) is 18.0. The fraction of sp³-hybridized carbons (Fsp3) is 0.273. The summed E-state index contributed by atoms with van der Waals surface area (Å²) in [6.45, 7) is 9.09. The van der Waals surface area contributed by atoms with Gasteiger partial charge in [-0.2, -0.15) is 0 Å². The summed E-state index contributed by atoms with van der Waals surface area (Å²) in [5.74, 6) is 0. The predicted octanol–water partition coefficient (Wildman–Crippen LogP) is 11.3. The van der Waals surface area contributed by atoms with Crippen molar-refractivity contribution in [3.63, 3.8) is 0 Å². The molecule has 0 spiro atoms. The maximum atomic E-state index is 5.44. The molecule has 8 bridgehead atoms. The lowest BCUT2D eigenvalue weighted by Gasteiger charge is -2.17. The van der Waals surface area contributed by atoms with Crippen LogP contribution in [0.5, 0.6) is 0 Å². The van der Waals surface area contributed by atoms with Gasteiger partial charge in [0.1, 0.15) is 0 Å². The van der Waals surface area contributed by atoms with Crippen molar-refractivity contribution in [1.29, 1.82) is 0 Å². The molecule has 0 saturated heterocycles. The minimum absolute atomic E-state index is 0.943. The monoisotopic (exact) mass is 626 g/mol. The molecule has 0 unspecified atom stereocenters. The van der Waals surface area contributed by atoms with E-state index in [1.807, 2.05) is 0 Å². The van der Waals surface area contributed by atoms with Crippen LogP contribution < -0.4 is 0 Å². The van der Waals surface area contributed by atoms with Crippen LogP contribution in [0, 0.1) is 0 Å². The minimum atomic E-state index is 0.943. The minimum Gasteiger partial charge on any atom is -0.355 e. The Bertz CT molecular complexity index is 2230. The molecule has 2 aliphatic carbocycles. The molecule has 9 rings (SSSR count). The van der Waals surface area contributed by atoms with Crippen molar-refractivity contribution < 1.29 is 0 Å². The second-order valence-corrected chi connectivity index (χ2v) is 13.6. The zero-order valence-electron chi connectivity index (χ0n) is 28.5. The van der Waals surface area contributed by atoms with Crippen molar-refractivity contribution >= 4 is 44.4 Å². The van der Waals surface area contributed by atoms with Gasteiger partial charge in [0.25, 0.3) is 0 Å². The van der Waals surface area contributed by atoms with E-state index in [4.69, 9.17) is 9.97 Å². The standard InChI is InChI=1S/C44H42N4/c1-5-27-28(6-2)36-22-40-34-20-18-26-14-10-12-16-32(26)44(34)42(48-40)24-38-30(8-4)29(7-3)37(46-38)23-41-43-31-15-11-9-13-25(31)17-19-33(43)39(47-41)21-35(27)45-36/h9-16,21-24,47-48H,5-8,17-20H2,1-4H3. The van der Waals surface area contributed by atoms with Crippen molar-refractivity contribution in [1.82, 2.24) is 19.9 Å². The van der Waals surface area contributed by atoms with Crippen LogP contribution in [-0.2, 0) is 25.7 Å². The van der Waals surface area contributed by atoms with Gasteiger partial charge in [0.05, 0.1) is 22.8 Å². The third-order valence-electron chi connectivity index (χ3n) is 11.2. The number of rotatable bonds is 4. The number of allylic oxidation sites excluding steroid dienone is 4. The van der Waals surface area contributed by atoms with Gasteiger partial charge in [-0.1, -0.05) is 76.2 Å². The van der Waals surface area contributed by atoms with Gasteiger partial charge in [-0.15, -0.1) is 0 Å². The molecule has 238 valence electrons. The Morgan fingerprint density at radius 1 is 0.458 bits per heavy atom. The molecule has 2 aliphatic heterocycles. The lowest BCUT2D eigenvalue weighted by atomic mass is 9.86. The van der Waals surface area contributed by atoms with E-state index in [0.29, 0.717) is 0 Å². The molecule has 2 aromatic carbocycles. The molecule has 4 aliphatic rings. The van der Waals surface area contributed by atoms with Gasteiger partial charge in [-0.25, -0.2) is 9.97 Å². The Labute approximate surface area is 282 Å². The lowest BCUT2D eigenvalue weighted by Crippen LogP contribution is -2.01. The number of hydrogen-bond acceptors (Lipinski definition) is 2. The van der Waals surface area contributed by atoms with Gasteiger partial charge in [-0.05, 0) is 131 Å². The highest BCUT2D eigenvalue weighted by Crippen LogP contribution is 2.44. The second kappa shape index (κ2) is 11.3. The van der Waals surface area contributed by atoms with Crippen LogP contribution in [0.3, 0.4) is 0 Å². The molecule has 4 heteroatoms. The predicted molar refractivity (Wildman–Crippen MR) is 201 cm³/mol. The van der Waals surface area contributed by atoms with Crippen molar-refractivity contribution in [3.8, 4) is 22.3 Å². The number of H-pyrrole nitrogens is 2. The first-order valence-corrected chi connectivity index (χ1v) is 18.0. The summed E-state index contributed by atoms with van der Waals surface area (Å²) in [5.41, 5.74) is 25.4. The van der Waals surface area contributed by atoms with Crippen molar-refractivity contribution in [2.45, 2.75) is 79.1 Å². The average molecular weight is 627 g/mol. The van der Waals surface area contributed by atoms with Crippen LogP contribution >= 0.6 is 0 Å². The van der Waals surface area contributed by atoms with E-state index in [1.54, 1.807) is 0 Å². The van der Waals surface area contributed by atoms with Crippen LogP contribution in [0.25, 0.3) is 66.6 Å². The number of aromatic amines is 2. The summed E-state index contributed by atoms with van der Waals surface area (Å²) in [5, 5.41) is 0. The van der Waals surface area contributed by atoms with Crippen LogP contribution in [0.4, 0.5) is 0 Å². The smallest absolute Gasteiger partial charge is 0.0693 e. The van der Waals surface area contributed by atoms with Crippen LogP contribution in [-0.4, -0.2) is 19.9 Å². The summed E-state index contributed by atoms with van der Waals surface area (Å²) in [7, 11) is 0. The molecule has 0 fully saturated rings. The molecule has 0 atom stereocenters. The number of benzene rings is 2. The Morgan fingerprint density at radius 3 is 1.19 bits per heavy atom. The highest BCUT2D eigenvalue weighted by molar-refractivity contribution is 6.00. The summed E-state index contributed by atoms with van der Waals surface area (Å²) in [6.07, 6.45) is 7.91. The summed E-state index contributed by atoms with van der Waals surface area (Å²) in [6, 6.07) is 27.2. The Balaban J connectivity index is 1.46. The van der Waals surface area contributed by atoms with Crippen LogP contribution in [0.15, 0.2) is 72.8 Å². The van der Waals surface area contributed by atoms with E-state index in [-0.39, 0.29) is 0 Å². The van der Waals surface area contributed by atoms with Gasteiger partial charge < -0.3 is 9.97 Å². The molecular weight excluding hydrogens is 585 g/mol. The van der Waals surface area contributed by atoms with E-state index in [0.717, 1.165) is 85.2 Å². The number of nitrogens with one attached hydrogen (secondary N) is 2. The third kappa shape index (κ3) is 4.35. The van der Waals surface area contributed by atoms with Gasteiger partial charge in [0.15, 0.2) is 0 Å². The fourth-order valence-electron chi connectivity index (χ4n) is 8.99. The molecule has 0 saturated carbocycles. The van der Waals surface area contributed by atoms with Gasteiger partial charge in [0, 0.05) is 33.2 Å². The summed E-state index contributed by atoms with van der Waals surface area (Å²) < 4.78 is 0. The maximum absolute atomic E-state index is 5.44. The zero-order chi connectivity index (χ0) is 32.5. The summed E-state index contributed by atoms with van der Waals surface area (Å²) >= 11 is 0. The summed E-state index contributed by atoms with van der Waals surface area (Å²) in [4.78, 5) is 18.7. The third-order valence-corrected chi connectivity index (χ3v) is 11.2. The Kier molecular flexibility index (Phi) is 6.89. The Hall–Kier alpha value is -4.96. The number of hydrogen-bond donors (Lipinski definition) is 2. The molecule has 0 amide bonds. The largest absolute Gasteiger partial charge is 0.355 e. The second-order valence-electron chi connectivity index (χ2n) is 13.6. The van der Waals surface area contributed by atoms with Crippen molar-refractivity contribution in [2.24, 2.45) is 0 Å². The van der Waals surface area contributed by atoms with Gasteiger partial charge in [-0.3, -0.25) is 0 Å². The number of aromatic nitrogens is 4. The normalized spacial score (nSPS) is 14.9. The van der Waals surface area contributed by atoms with E-state index in [9.17, 15) is 0 Å². The molecular formula is C44H42N4. The first kappa shape index (κ1) is 29.2. The molecule has 5 aromatic rings. The van der Waals surface area contributed by atoms with E-state index in [1.165, 1.54) is 77.8 Å². The molecule has 4 nitrogen and oxygen atoms in total. The molecule has 3 aromatic heterocycles. The molecule has 5 heterocycles.